The molecule has 0 saturated carbocycles. The second-order valence-corrected chi connectivity index (χ2v) is 3.56. The molecule has 0 atom stereocenters. The zero-order valence-electron chi connectivity index (χ0n) is 8.88. The average molecular weight is 232 g/mol. The average Bonchev–Trinajstić information content (AvgIpc) is 2.26. The monoisotopic (exact) mass is 232 g/mol. The molecule has 1 N–H and O–H groups in total. The van der Waals surface area contributed by atoms with Gasteiger partial charge in [-0.15, -0.1) is 0 Å². The number of rotatable bonds is 2. The van der Waals surface area contributed by atoms with Gasteiger partial charge in [-0.25, -0.2) is 4.79 Å². The zero-order chi connectivity index (χ0) is 12.6. The van der Waals surface area contributed by atoms with Crippen LogP contribution in [0.4, 0.5) is 5.69 Å². The van der Waals surface area contributed by atoms with Crippen LogP contribution in [-0.4, -0.2) is 21.0 Å². The first-order valence-corrected chi connectivity index (χ1v) is 4.78. The van der Waals surface area contributed by atoms with Gasteiger partial charge in [-0.1, -0.05) is 0 Å². The van der Waals surface area contributed by atoms with Crippen LogP contribution in [0.1, 0.15) is 16.1 Å². The molecule has 0 radical (unpaired) electrons. The minimum atomic E-state index is -1.06. The van der Waals surface area contributed by atoms with Crippen molar-refractivity contribution < 1.29 is 14.8 Å². The fraction of sp³-hybridized carbons (Fsp3) is 0.0909. The first-order valence-electron chi connectivity index (χ1n) is 4.78. The fourth-order valence-electron chi connectivity index (χ4n) is 1.58. The molecular weight excluding hydrogens is 224 g/mol. The number of aromatic carboxylic acids is 1. The maximum absolute atomic E-state index is 10.9. The fourth-order valence-corrected chi connectivity index (χ4v) is 1.58. The van der Waals surface area contributed by atoms with Gasteiger partial charge in [0.2, 0.25) is 0 Å². The van der Waals surface area contributed by atoms with Gasteiger partial charge in [0.25, 0.3) is 5.69 Å². The Morgan fingerprint density at radius 2 is 2.12 bits per heavy atom. The number of fused-ring (bicyclic) bond motifs is 1. The number of nitrogens with zero attached hydrogens (tertiary/aromatic N) is 2. The lowest BCUT2D eigenvalue weighted by Crippen LogP contribution is -2.02. The normalized spacial score (nSPS) is 10.4. The quantitative estimate of drug-likeness (QED) is 0.632. The number of carboxylic acid groups (broad SMARTS) is 1. The minimum Gasteiger partial charge on any atom is -0.478 e. The highest BCUT2D eigenvalue weighted by atomic mass is 16.6. The summed E-state index contributed by atoms with van der Waals surface area (Å²) < 4.78 is 0. The highest BCUT2D eigenvalue weighted by molar-refractivity contribution is 5.94. The molecule has 0 aliphatic heterocycles. The minimum absolute atomic E-state index is 0.0625. The first-order chi connectivity index (χ1) is 7.99. The van der Waals surface area contributed by atoms with E-state index in [1.165, 1.54) is 24.3 Å². The van der Waals surface area contributed by atoms with Crippen molar-refractivity contribution in [1.82, 2.24) is 4.98 Å². The molecule has 0 unspecified atom stereocenters. The van der Waals surface area contributed by atoms with E-state index < -0.39 is 10.9 Å². The summed E-state index contributed by atoms with van der Waals surface area (Å²) in [5.74, 6) is -1.06. The van der Waals surface area contributed by atoms with Gasteiger partial charge in [0.05, 0.1) is 21.7 Å². The van der Waals surface area contributed by atoms with E-state index in [1.807, 2.05) is 0 Å². The molecular formula is C11H8N2O4. The number of hydrogen-bond acceptors (Lipinski definition) is 4. The van der Waals surface area contributed by atoms with Gasteiger partial charge in [-0.05, 0) is 19.1 Å². The Hall–Kier alpha value is -2.50. The highest BCUT2D eigenvalue weighted by Crippen LogP contribution is 2.21. The van der Waals surface area contributed by atoms with Crippen LogP contribution in [0.2, 0.25) is 0 Å². The summed E-state index contributed by atoms with van der Waals surface area (Å²) in [6, 6.07) is 5.61. The van der Waals surface area contributed by atoms with Crippen LogP contribution in [0.3, 0.4) is 0 Å². The zero-order valence-corrected chi connectivity index (χ0v) is 8.88. The van der Waals surface area contributed by atoms with Gasteiger partial charge in [0.1, 0.15) is 0 Å². The van der Waals surface area contributed by atoms with Crippen molar-refractivity contribution in [2.24, 2.45) is 0 Å². The van der Waals surface area contributed by atoms with Crippen molar-refractivity contribution in [2.75, 3.05) is 0 Å². The Morgan fingerprint density at radius 3 is 2.71 bits per heavy atom. The van der Waals surface area contributed by atoms with E-state index in [2.05, 4.69) is 4.98 Å². The maximum atomic E-state index is 10.9. The molecule has 17 heavy (non-hydrogen) atoms. The Labute approximate surface area is 95.7 Å². The molecule has 1 aromatic carbocycles. The van der Waals surface area contributed by atoms with Gasteiger partial charge in [0.15, 0.2) is 0 Å². The standard InChI is InChI=1S/C11H8N2O4/c1-6-9(11(14)15)4-7-2-3-8(13(16)17)5-10(7)12-6/h2-5H,1H3,(H,14,15). The number of carboxylic acids is 1. The molecule has 2 aromatic rings. The largest absolute Gasteiger partial charge is 0.478 e. The van der Waals surface area contributed by atoms with E-state index in [9.17, 15) is 14.9 Å². The summed E-state index contributed by atoms with van der Waals surface area (Å²) in [5.41, 5.74) is 0.797. The summed E-state index contributed by atoms with van der Waals surface area (Å²) in [6.07, 6.45) is 0. The summed E-state index contributed by atoms with van der Waals surface area (Å²) in [6.45, 7) is 1.56. The van der Waals surface area contributed by atoms with Crippen molar-refractivity contribution >= 4 is 22.6 Å². The third kappa shape index (κ3) is 1.92. The lowest BCUT2D eigenvalue weighted by Gasteiger charge is -2.03. The third-order valence-electron chi connectivity index (χ3n) is 2.43. The number of nitro groups is 1. The van der Waals surface area contributed by atoms with E-state index in [0.717, 1.165) is 0 Å². The Kier molecular flexibility index (Phi) is 2.47. The van der Waals surface area contributed by atoms with E-state index >= 15 is 0 Å². The number of aromatic nitrogens is 1. The number of hydrogen-bond donors (Lipinski definition) is 1. The van der Waals surface area contributed by atoms with E-state index in [1.54, 1.807) is 6.92 Å². The molecule has 0 spiro atoms. The first kappa shape index (κ1) is 11.0. The molecule has 6 heteroatoms. The number of pyridine rings is 1. The highest BCUT2D eigenvalue weighted by Gasteiger charge is 2.12. The molecule has 1 aromatic heterocycles. The number of nitro benzene ring substituents is 1. The smallest absolute Gasteiger partial charge is 0.337 e. The number of carbonyl (C=O) groups is 1. The number of aryl methyl sites for hydroxylation is 1. The van der Waals surface area contributed by atoms with Crippen molar-refractivity contribution in [3.8, 4) is 0 Å². The van der Waals surface area contributed by atoms with E-state index in [4.69, 9.17) is 5.11 Å². The summed E-state index contributed by atoms with van der Waals surface area (Å²) in [7, 11) is 0. The second kappa shape index (κ2) is 3.82. The lowest BCUT2D eigenvalue weighted by molar-refractivity contribution is -0.384. The molecule has 1 heterocycles. The van der Waals surface area contributed by atoms with Crippen LogP contribution in [0, 0.1) is 17.0 Å². The van der Waals surface area contributed by atoms with Gasteiger partial charge < -0.3 is 5.11 Å². The van der Waals surface area contributed by atoms with Crippen molar-refractivity contribution in [3.63, 3.8) is 0 Å². The van der Waals surface area contributed by atoms with Crippen LogP contribution in [0.15, 0.2) is 24.3 Å². The molecule has 0 fully saturated rings. The molecule has 2 rings (SSSR count). The predicted octanol–water partition coefficient (Wildman–Crippen LogP) is 2.15. The molecule has 0 amide bonds. The topological polar surface area (TPSA) is 93.3 Å². The maximum Gasteiger partial charge on any atom is 0.337 e. The van der Waals surface area contributed by atoms with Crippen LogP contribution in [0.5, 0.6) is 0 Å². The van der Waals surface area contributed by atoms with Crippen LogP contribution in [0.25, 0.3) is 10.9 Å². The van der Waals surface area contributed by atoms with Gasteiger partial charge >= 0.3 is 5.97 Å². The summed E-state index contributed by atoms with van der Waals surface area (Å²) in [4.78, 5) is 25.0. The molecule has 86 valence electrons. The van der Waals surface area contributed by atoms with Crippen molar-refractivity contribution in [1.29, 1.82) is 0 Å². The summed E-state index contributed by atoms with van der Waals surface area (Å²) >= 11 is 0. The van der Waals surface area contributed by atoms with E-state index in [0.29, 0.717) is 16.6 Å². The van der Waals surface area contributed by atoms with Crippen LogP contribution < -0.4 is 0 Å². The molecule has 0 bridgehead atoms. The third-order valence-corrected chi connectivity index (χ3v) is 2.43. The number of non-ortho nitro benzene ring substituents is 1. The number of benzene rings is 1. The second-order valence-electron chi connectivity index (χ2n) is 3.56. The van der Waals surface area contributed by atoms with Crippen molar-refractivity contribution in [2.45, 2.75) is 6.92 Å². The van der Waals surface area contributed by atoms with Gasteiger partial charge in [-0.2, -0.15) is 0 Å². The molecule has 0 aliphatic carbocycles. The van der Waals surface area contributed by atoms with Gasteiger partial charge in [-0.3, -0.25) is 15.1 Å². The van der Waals surface area contributed by atoms with Crippen molar-refractivity contribution in [3.05, 3.63) is 45.6 Å². The lowest BCUT2D eigenvalue weighted by atomic mass is 10.1. The summed E-state index contributed by atoms with van der Waals surface area (Å²) in [5, 5.41) is 20.1. The predicted molar refractivity (Wildman–Crippen MR) is 60.1 cm³/mol. The SMILES string of the molecule is Cc1nc2cc([N+](=O)[O-])ccc2cc1C(=O)O. The Morgan fingerprint density at radius 1 is 1.41 bits per heavy atom. The molecule has 0 saturated heterocycles. The molecule has 0 aliphatic rings. The Balaban J connectivity index is 2.70. The Bertz CT molecular complexity index is 637. The van der Waals surface area contributed by atoms with E-state index in [-0.39, 0.29) is 11.3 Å². The van der Waals surface area contributed by atoms with Gasteiger partial charge in [0, 0.05) is 17.5 Å². The van der Waals surface area contributed by atoms with Crippen LogP contribution >= 0.6 is 0 Å². The van der Waals surface area contributed by atoms with Crippen LogP contribution in [-0.2, 0) is 0 Å². The molecule has 6 nitrogen and oxygen atoms in total.